The summed E-state index contributed by atoms with van der Waals surface area (Å²) in [5, 5.41) is 5.37. The second kappa shape index (κ2) is 8.21. The molecule has 31 heavy (non-hydrogen) atoms. The molecule has 1 fully saturated rings. The third-order valence-corrected chi connectivity index (χ3v) is 6.12. The second-order valence-electron chi connectivity index (χ2n) is 8.42. The second-order valence-corrected chi connectivity index (χ2v) is 8.42. The molecule has 4 rings (SSSR count). The van der Waals surface area contributed by atoms with E-state index in [0.717, 1.165) is 52.3 Å². The average Bonchev–Trinajstić information content (AvgIpc) is 3.36. The number of ether oxygens (including phenoxy) is 2. The van der Waals surface area contributed by atoms with Gasteiger partial charge in [0, 0.05) is 30.9 Å². The van der Waals surface area contributed by atoms with Crippen LogP contribution in [0.1, 0.15) is 66.0 Å². The van der Waals surface area contributed by atoms with Crippen LogP contribution in [0.2, 0.25) is 0 Å². The Balaban J connectivity index is 1.80. The highest BCUT2D eigenvalue weighted by Crippen LogP contribution is 2.40. The van der Waals surface area contributed by atoms with Gasteiger partial charge in [0.1, 0.15) is 11.5 Å². The minimum Gasteiger partial charge on any atom is -0.497 e. The number of methoxy groups -OCH3 is 2. The molecule has 0 aliphatic carbocycles. The van der Waals surface area contributed by atoms with Gasteiger partial charge in [-0.2, -0.15) is 5.10 Å². The molecule has 1 atom stereocenters. The Morgan fingerprint density at radius 1 is 1.19 bits per heavy atom. The molecule has 1 aliphatic heterocycles. The maximum Gasteiger partial charge on any atom is 0.255 e. The number of rotatable bonds is 5. The lowest BCUT2D eigenvalue weighted by atomic mass is 10.0. The SMILES string of the molecule is COc1ccc(C2CCCN2C(=O)c2cc(C(C)C)nc3c2c(C)nn3C)c(OC)c1. The first kappa shape index (κ1) is 21.2. The standard InChI is InChI=1S/C24H30N4O3/c1-14(2)19-13-18(22-15(3)26-27(4)23(22)25-19)24(29)28-11-7-8-20(28)17-10-9-16(30-5)12-21(17)31-6/h9-10,12-14,20H,7-8,11H2,1-6H3. The van der Waals surface area contributed by atoms with E-state index in [1.54, 1.807) is 18.9 Å². The van der Waals surface area contributed by atoms with E-state index in [0.29, 0.717) is 12.1 Å². The molecule has 1 aromatic carbocycles. The highest BCUT2D eigenvalue weighted by molar-refractivity contribution is 6.06. The number of carbonyl (C=O) groups is 1. The van der Waals surface area contributed by atoms with E-state index in [-0.39, 0.29) is 17.9 Å². The first-order valence-corrected chi connectivity index (χ1v) is 10.7. The summed E-state index contributed by atoms with van der Waals surface area (Å²) >= 11 is 0. The minimum atomic E-state index is -0.0453. The fourth-order valence-corrected chi connectivity index (χ4v) is 4.51. The maximum atomic E-state index is 13.9. The summed E-state index contributed by atoms with van der Waals surface area (Å²) in [4.78, 5) is 20.7. The van der Waals surface area contributed by atoms with E-state index < -0.39 is 0 Å². The molecule has 0 spiro atoms. The van der Waals surface area contributed by atoms with Crippen LogP contribution in [0.15, 0.2) is 24.3 Å². The number of pyridine rings is 1. The molecule has 0 saturated carbocycles. The molecule has 1 aliphatic rings. The Hall–Kier alpha value is -3.09. The van der Waals surface area contributed by atoms with Gasteiger partial charge in [-0.25, -0.2) is 4.98 Å². The molecule has 3 heterocycles. The zero-order chi connectivity index (χ0) is 22.3. The van der Waals surface area contributed by atoms with Crippen molar-refractivity contribution in [2.45, 2.75) is 45.6 Å². The largest absolute Gasteiger partial charge is 0.497 e. The predicted molar refractivity (Wildman–Crippen MR) is 120 cm³/mol. The van der Waals surface area contributed by atoms with E-state index in [1.165, 1.54) is 0 Å². The molecule has 3 aromatic rings. The van der Waals surface area contributed by atoms with E-state index in [2.05, 4.69) is 18.9 Å². The molecular weight excluding hydrogens is 392 g/mol. The van der Waals surface area contributed by atoms with Crippen LogP contribution >= 0.6 is 0 Å². The van der Waals surface area contributed by atoms with Gasteiger partial charge in [0.25, 0.3) is 5.91 Å². The first-order valence-electron chi connectivity index (χ1n) is 10.7. The van der Waals surface area contributed by atoms with E-state index in [9.17, 15) is 4.79 Å². The van der Waals surface area contributed by atoms with Crippen molar-refractivity contribution in [1.82, 2.24) is 19.7 Å². The van der Waals surface area contributed by atoms with Crippen molar-refractivity contribution >= 4 is 16.9 Å². The van der Waals surface area contributed by atoms with Gasteiger partial charge in [-0.3, -0.25) is 9.48 Å². The Morgan fingerprint density at radius 3 is 2.65 bits per heavy atom. The number of hydrogen-bond donors (Lipinski definition) is 0. The van der Waals surface area contributed by atoms with Crippen LogP contribution < -0.4 is 9.47 Å². The lowest BCUT2D eigenvalue weighted by Gasteiger charge is -2.27. The lowest BCUT2D eigenvalue weighted by Crippen LogP contribution is -2.31. The van der Waals surface area contributed by atoms with E-state index in [4.69, 9.17) is 14.5 Å². The van der Waals surface area contributed by atoms with Gasteiger partial charge in [0.2, 0.25) is 0 Å². The number of carbonyl (C=O) groups excluding carboxylic acids is 1. The zero-order valence-corrected chi connectivity index (χ0v) is 19.1. The quantitative estimate of drug-likeness (QED) is 0.610. The maximum absolute atomic E-state index is 13.9. The van der Waals surface area contributed by atoms with Crippen LogP contribution in [0.5, 0.6) is 11.5 Å². The van der Waals surface area contributed by atoms with Gasteiger partial charge in [-0.05, 0) is 43.9 Å². The molecule has 7 nitrogen and oxygen atoms in total. The fourth-order valence-electron chi connectivity index (χ4n) is 4.51. The molecule has 2 aromatic heterocycles. The number of nitrogens with zero attached hydrogens (tertiary/aromatic N) is 4. The summed E-state index contributed by atoms with van der Waals surface area (Å²) in [6, 6.07) is 7.71. The van der Waals surface area contributed by atoms with Crippen molar-refractivity contribution in [2.75, 3.05) is 20.8 Å². The molecule has 0 bridgehead atoms. The molecule has 1 unspecified atom stereocenters. The highest BCUT2D eigenvalue weighted by Gasteiger charge is 2.34. The third-order valence-electron chi connectivity index (χ3n) is 6.12. The fraction of sp³-hybridized carbons (Fsp3) is 0.458. The van der Waals surface area contributed by atoms with Crippen molar-refractivity contribution < 1.29 is 14.3 Å². The van der Waals surface area contributed by atoms with Crippen LogP contribution in [0.25, 0.3) is 11.0 Å². The Kier molecular flexibility index (Phi) is 5.60. The number of amides is 1. The molecule has 1 amide bonds. The first-order chi connectivity index (χ1) is 14.8. The van der Waals surface area contributed by atoms with Crippen LogP contribution in [0, 0.1) is 6.92 Å². The summed E-state index contributed by atoms with van der Waals surface area (Å²) in [6.07, 6.45) is 1.84. The predicted octanol–water partition coefficient (Wildman–Crippen LogP) is 4.39. The number of fused-ring (bicyclic) bond motifs is 1. The molecule has 0 radical (unpaired) electrons. The number of benzene rings is 1. The number of aromatic nitrogens is 3. The van der Waals surface area contributed by atoms with Crippen molar-refractivity contribution in [3.8, 4) is 11.5 Å². The van der Waals surface area contributed by atoms with Crippen molar-refractivity contribution in [3.63, 3.8) is 0 Å². The normalized spacial score (nSPS) is 16.4. The molecule has 164 valence electrons. The van der Waals surface area contributed by atoms with Crippen molar-refractivity contribution in [1.29, 1.82) is 0 Å². The van der Waals surface area contributed by atoms with Crippen LogP contribution in [-0.2, 0) is 7.05 Å². The topological polar surface area (TPSA) is 69.5 Å². The average molecular weight is 423 g/mol. The van der Waals surface area contributed by atoms with Crippen LogP contribution in [0.4, 0.5) is 0 Å². The number of hydrogen-bond acceptors (Lipinski definition) is 5. The smallest absolute Gasteiger partial charge is 0.255 e. The van der Waals surface area contributed by atoms with E-state index in [1.807, 2.05) is 43.1 Å². The zero-order valence-electron chi connectivity index (χ0n) is 19.1. The molecular formula is C24H30N4O3. The monoisotopic (exact) mass is 422 g/mol. The van der Waals surface area contributed by atoms with Gasteiger partial charge in [-0.1, -0.05) is 13.8 Å². The molecule has 0 N–H and O–H groups in total. The van der Waals surface area contributed by atoms with E-state index >= 15 is 0 Å². The minimum absolute atomic E-state index is 0.0192. The van der Waals surface area contributed by atoms with Crippen LogP contribution in [0.3, 0.4) is 0 Å². The summed E-state index contributed by atoms with van der Waals surface area (Å²) in [5.74, 6) is 1.71. The molecule has 7 heteroatoms. The Morgan fingerprint density at radius 2 is 1.97 bits per heavy atom. The van der Waals surface area contributed by atoms with Gasteiger partial charge in [0.05, 0.1) is 36.9 Å². The summed E-state index contributed by atoms with van der Waals surface area (Å²) < 4.78 is 12.7. The van der Waals surface area contributed by atoms with Gasteiger partial charge in [0.15, 0.2) is 5.65 Å². The summed E-state index contributed by atoms with van der Waals surface area (Å²) in [6.45, 7) is 6.82. The summed E-state index contributed by atoms with van der Waals surface area (Å²) in [7, 11) is 5.17. The van der Waals surface area contributed by atoms with Gasteiger partial charge >= 0.3 is 0 Å². The Labute approximate surface area is 183 Å². The lowest BCUT2D eigenvalue weighted by molar-refractivity contribution is 0.0736. The van der Waals surface area contributed by atoms with Crippen LogP contribution in [-0.4, -0.2) is 46.3 Å². The van der Waals surface area contributed by atoms with Gasteiger partial charge in [-0.15, -0.1) is 0 Å². The molecule has 1 saturated heterocycles. The number of aryl methyl sites for hydroxylation is 2. The van der Waals surface area contributed by atoms with Crippen molar-refractivity contribution in [2.24, 2.45) is 7.05 Å². The summed E-state index contributed by atoms with van der Waals surface area (Å²) in [5.41, 5.74) is 4.16. The number of likely N-dealkylation sites (tertiary alicyclic amines) is 1. The Bertz CT molecular complexity index is 1140. The van der Waals surface area contributed by atoms with Gasteiger partial charge < -0.3 is 14.4 Å². The third kappa shape index (κ3) is 3.62. The highest BCUT2D eigenvalue weighted by atomic mass is 16.5. The van der Waals surface area contributed by atoms with Crippen molar-refractivity contribution in [3.05, 3.63) is 46.8 Å².